The Hall–Kier alpha value is -1.35. The van der Waals surface area contributed by atoms with Crippen molar-refractivity contribution in [1.82, 2.24) is 4.57 Å². The van der Waals surface area contributed by atoms with Gasteiger partial charge in [0.25, 0.3) is 5.82 Å². The van der Waals surface area contributed by atoms with E-state index < -0.39 is 31.1 Å². The summed E-state index contributed by atoms with van der Waals surface area (Å²) in [5.41, 5.74) is -12.4. The summed E-state index contributed by atoms with van der Waals surface area (Å²) >= 11 is 0. The maximum absolute atomic E-state index is 11.4. The smallest absolute Gasteiger partial charge is 0.421 e. The van der Waals surface area contributed by atoms with Crippen LogP contribution >= 0.6 is 0 Å². The van der Waals surface area contributed by atoms with Crippen LogP contribution in [0.3, 0.4) is 0 Å². The summed E-state index contributed by atoms with van der Waals surface area (Å²) in [6.07, 6.45) is 9.64. The minimum Gasteiger partial charge on any atom is -0.421 e. The van der Waals surface area contributed by atoms with Gasteiger partial charge in [0.15, 0.2) is 20.0 Å². The monoisotopic (exact) mass is 461 g/mol. The lowest BCUT2D eigenvalue weighted by Gasteiger charge is -2.22. The molecule has 166 valence electrons. The molecule has 7 nitrogen and oxygen atoms in total. The molecule has 0 atom stereocenters. The second kappa shape index (κ2) is 9.91. The van der Waals surface area contributed by atoms with Crippen LogP contribution < -0.4 is 4.57 Å². The number of hydrogen-bond donors (Lipinski definition) is 0. The number of imidazole rings is 1. The van der Waals surface area contributed by atoms with Gasteiger partial charge in [0.05, 0.1) is 13.6 Å². The van der Waals surface area contributed by atoms with Crippen molar-refractivity contribution in [2.45, 2.75) is 57.1 Å². The van der Waals surface area contributed by atoms with E-state index in [1.165, 1.54) is 38.1 Å². The first-order valence-corrected chi connectivity index (χ1v) is 10.7. The highest BCUT2D eigenvalue weighted by atomic mass is 32.3. The first-order valence-electron chi connectivity index (χ1n) is 7.84. The predicted octanol–water partition coefficient (Wildman–Crippen LogP) is 3.26. The topological polar surface area (TPSA) is 91.2 Å². The number of aromatic nitrogens is 2. The Kier molecular flexibility index (Phi) is 9.44. The number of nitrogens with zero attached hydrogens (tertiary/aromatic N) is 3. The molecule has 0 aromatic carbocycles. The number of halogens is 6. The average Bonchev–Trinajstić information content (AvgIpc) is 2.81. The van der Waals surface area contributed by atoms with Gasteiger partial charge < -0.3 is 4.13 Å². The minimum absolute atomic E-state index is 0.778. The number of unbranched alkanes of at least 4 members (excludes halogenated alkanes) is 3. The molecular weight excluding hydrogens is 440 g/mol. The molecule has 0 spiro atoms. The van der Waals surface area contributed by atoms with Crippen LogP contribution in [-0.2, 0) is 33.6 Å². The highest BCUT2D eigenvalue weighted by molar-refractivity contribution is 8.13. The van der Waals surface area contributed by atoms with Crippen LogP contribution in [0.1, 0.15) is 38.4 Å². The third kappa shape index (κ3) is 7.95. The molecule has 0 aliphatic rings. The molecular formula is C13H21F6N3O4S2. The molecule has 0 aliphatic heterocycles. The van der Waals surface area contributed by atoms with Crippen LogP contribution in [0.15, 0.2) is 12.4 Å². The van der Waals surface area contributed by atoms with Gasteiger partial charge in [-0.15, -0.1) is 0 Å². The summed E-state index contributed by atoms with van der Waals surface area (Å²) < 4.78 is 114. The molecule has 0 amide bonds. The maximum Gasteiger partial charge on any atom is 0.480 e. The highest BCUT2D eigenvalue weighted by Gasteiger charge is 2.46. The normalized spacial score (nSPS) is 13.2. The fraction of sp³-hybridized carbons (Fsp3) is 0.769. The van der Waals surface area contributed by atoms with Crippen molar-refractivity contribution in [3.05, 3.63) is 22.3 Å². The lowest BCUT2D eigenvalue weighted by molar-refractivity contribution is -0.677. The number of sulfonamides is 2. The van der Waals surface area contributed by atoms with Crippen molar-refractivity contribution in [1.29, 1.82) is 0 Å². The fourth-order valence-corrected chi connectivity index (χ4v) is 3.47. The van der Waals surface area contributed by atoms with Crippen LogP contribution in [0.2, 0.25) is 0 Å². The minimum atomic E-state index is -6.72. The average molecular weight is 461 g/mol. The van der Waals surface area contributed by atoms with Crippen molar-refractivity contribution in [2.75, 3.05) is 0 Å². The van der Waals surface area contributed by atoms with E-state index in [9.17, 15) is 43.2 Å². The summed E-state index contributed by atoms with van der Waals surface area (Å²) in [7, 11) is -11.3. The summed E-state index contributed by atoms with van der Waals surface area (Å²) in [6.45, 7) is 5.59. The molecule has 0 unspecified atom stereocenters. The largest absolute Gasteiger partial charge is 0.480 e. The quantitative estimate of drug-likeness (QED) is 0.354. The molecule has 0 saturated carbocycles. The Labute approximate surface area is 159 Å². The number of alkyl halides is 6. The Morgan fingerprint density at radius 1 is 0.964 bits per heavy atom. The Morgan fingerprint density at radius 2 is 1.43 bits per heavy atom. The second-order valence-electron chi connectivity index (χ2n) is 5.63. The van der Waals surface area contributed by atoms with Gasteiger partial charge in [-0.2, -0.15) is 26.3 Å². The number of aryl methyl sites for hydroxylation is 2. The van der Waals surface area contributed by atoms with Gasteiger partial charge in [0.2, 0.25) is 0 Å². The van der Waals surface area contributed by atoms with Crippen molar-refractivity contribution >= 4 is 20.0 Å². The molecule has 0 fully saturated rings. The van der Waals surface area contributed by atoms with Gasteiger partial charge >= 0.3 is 11.0 Å². The highest BCUT2D eigenvalue weighted by Crippen LogP contribution is 2.36. The van der Waals surface area contributed by atoms with Crippen molar-refractivity contribution < 1.29 is 47.7 Å². The lowest BCUT2D eigenvalue weighted by atomic mass is 10.2. The van der Waals surface area contributed by atoms with E-state index in [0.29, 0.717) is 0 Å². The van der Waals surface area contributed by atoms with Crippen LogP contribution in [0.25, 0.3) is 4.13 Å². The Morgan fingerprint density at radius 3 is 1.75 bits per heavy atom. The molecule has 1 heterocycles. The summed E-state index contributed by atoms with van der Waals surface area (Å²) in [4.78, 5) is 0. The zero-order valence-corrected chi connectivity index (χ0v) is 16.9. The van der Waals surface area contributed by atoms with E-state index in [1.807, 2.05) is 0 Å². The van der Waals surface area contributed by atoms with Crippen molar-refractivity contribution in [3.63, 3.8) is 0 Å². The van der Waals surface area contributed by atoms with Gasteiger partial charge in [-0.25, -0.2) is 26.0 Å². The van der Waals surface area contributed by atoms with E-state index in [2.05, 4.69) is 42.4 Å². The zero-order valence-electron chi connectivity index (χ0n) is 15.2. The van der Waals surface area contributed by atoms with Crippen LogP contribution in [0, 0.1) is 6.92 Å². The van der Waals surface area contributed by atoms with E-state index in [1.54, 1.807) is 0 Å². The first-order chi connectivity index (χ1) is 12.5. The first kappa shape index (κ1) is 26.6. The predicted molar refractivity (Wildman–Crippen MR) is 87.8 cm³/mol. The van der Waals surface area contributed by atoms with E-state index in [4.69, 9.17) is 0 Å². The van der Waals surface area contributed by atoms with Gasteiger partial charge in [0.1, 0.15) is 12.4 Å². The Balaban J connectivity index is 0.000000525. The van der Waals surface area contributed by atoms with Gasteiger partial charge in [0, 0.05) is 6.92 Å². The molecule has 0 aliphatic carbocycles. The van der Waals surface area contributed by atoms with Crippen LogP contribution in [-0.4, -0.2) is 32.4 Å². The molecule has 1 rings (SSSR count). The van der Waals surface area contributed by atoms with Gasteiger partial charge in [-0.05, 0) is 12.8 Å². The molecule has 1 aromatic rings. The summed E-state index contributed by atoms with van der Waals surface area (Å²) in [6, 6.07) is 0. The van der Waals surface area contributed by atoms with Gasteiger partial charge in [-0.3, -0.25) is 0 Å². The van der Waals surface area contributed by atoms with Crippen LogP contribution in [0.5, 0.6) is 0 Å². The number of hydrogen-bond acceptors (Lipinski definition) is 4. The zero-order chi connectivity index (χ0) is 22.4. The third-order valence-corrected chi connectivity index (χ3v) is 6.17. The maximum atomic E-state index is 11.4. The molecule has 28 heavy (non-hydrogen) atoms. The number of rotatable bonds is 7. The molecule has 15 heteroatoms. The molecule has 0 N–H and O–H groups in total. The fourth-order valence-electron chi connectivity index (χ4n) is 1.76. The summed E-state index contributed by atoms with van der Waals surface area (Å²) in [5.74, 6) is 1.34. The molecule has 0 radical (unpaired) electrons. The van der Waals surface area contributed by atoms with E-state index in [-0.39, 0.29) is 0 Å². The lowest BCUT2D eigenvalue weighted by Crippen LogP contribution is -2.30. The molecule has 1 aromatic heterocycles. The van der Waals surface area contributed by atoms with E-state index in [0.717, 1.165) is 4.13 Å². The SMILES string of the molecule is CCCCCCn1cc[n+](C)c1C.O=S(=O)([N-]S(=O)(=O)C(F)(F)F)C(F)(F)F. The standard InChI is InChI=1S/C11H21N2.C2F6NO4S2/c1-4-5-6-7-8-13-10-9-12(3)11(13)2;3-1(4,5)14(10,11)9-15(12,13)2(6,7)8/h9-10H,4-8H2,1-3H3;/q+1;-1. The van der Waals surface area contributed by atoms with Crippen molar-refractivity contribution in [2.24, 2.45) is 7.05 Å². The van der Waals surface area contributed by atoms with E-state index >= 15 is 0 Å². The second-order valence-corrected chi connectivity index (χ2v) is 9.05. The van der Waals surface area contributed by atoms with Gasteiger partial charge in [-0.1, -0.05) is 19.8 Å². The Bertz CT molecular complexity index is 787. The summed E-state index contributed by atoms with van der Waals surface area (Å²) in [5, 5.41) is 0. The van der Waals surface area contributed by atoms with Crippen LogP contribution in [0.4, 0.5) is 26.3 Å². The molecule has 0 bridgehead atoms. The third-order valence-electron chi connectivity index (χ3n) is 3.43. The molecule has 0 saturated heterocycles. The van der Waals surface area contributed by atoms with Crippen molar-refractivity contribution in [3.8, 4) is 0 Å².